The molecule has 2 heterocycles. The summed E-state index contributed by atoms with van der Waals surface area (Å²) < 4.78 is 5.33. The number of aryl methyl sites for hydroxylation is 1. The first-order chi connectivity index (χ1) is 14.6. The molecule has 0 bridgehead atoms. The third-order valence-electron chi connectivity index (χ3n) is 6.35. The van der Waals surface area contributed by atoms with Gasteiger partial charge in [-0.2, -0.15) is 0 Å². The van der Waals surface area contributed by atoms with Crippen molar-refractivity contribution in [1.29, 1.82) is 0 Å². The summed E-state index contributed by atoms with van der Waals surface area (Å²) in [5, 5.41) is 3.25. The van der Waals surface area contributed by atoms with Gasteiger partial charge in [-0.05, 0) is 45.1 Å². The second-order valence-electron chi connectivity index (χ2n) is 8.36. The fourth-order valence-corrected chi connectivity index (χ4v) is 4.41. The summed E-state index contributed by atoms with van der Waals surface area (Å²) in [6.07, 6.45) is 10.5. The molecule has 4 rings (SSSR count). The van der Waals surface area contributed by atoms with Crippen LogP contribution in [0.3, 0.4) is 0 Å². The van der Waals surface area contributed by atoms with Crippen molar-refractivity contribution in [3.63, 3.8) is 0 Å². The molecule has 1 N–H and O–H groups in total. The predicted octanol–water partition coefficient (Wildman–Crippen LogP) is 3.31. The average molecular weight is 410 g/mol. The Hall–Kier alpha value is -2.70. The smallest absolute Gasteiger partial charge is 0.242 e. The van der Waals surface area contributed by atoms with Crippen molar-refractivity contribution in [2.75, 3.05) is 19.1 Å². The van der Waals surface area contributed by atoms with Crippen molar-refractivity contribution in [3.05, 3.63) is 29.6 Å². The first-order valence-electron chi connectivity index (χ1n) is 11.0. The summed E-state index contributed by atoms with van der Waals surface area (Å²) in [5.74, 6) is 2.20. The zero-order valence-electron chi connectivity index (χ0n) is 18.1. The van der Waals surface area contributed by atoms with Crippen molar-refractivity contribution in [2.24, 2.45) is 0 Å². The minimum Gasteiger partial charge on any atom is -0.497 e. The normalized spacial score (nSPS) is 17.3. The van der Waals surface area contributed by atoms with E-state index in [0.29, 0.717) is 17.6 Å². The van der Waals surface area contributed by atoms with Crippen LogP contribution in [0.2, 0.25) is 0 Å². The van der Waals surface area contributed by atoms with Gasteiger partial charge in [-0.3, -0.25) is 9.78 Å². The summed E-state index contributed by atoms with van der Waals surface area (Å²) in [6.45, 7) is 1.95. The van der Waals surface area contributed by atoms with Gasteiger partial charge in [-0.15, -0.1) is 0 Å². The van der Waals surface area contributed by atoms with Crippen LogP contribution in [0.4, 0.5) is 5.82 Å². The summed E-state index contributed by atoms with van der Waals surface area (Å²) >= 11 is 0. The maximum atomic E-state index is 12.9. The quantitative estimate of drug-likeness (QED) is 0.788. The van der Waals surface area contributed by atoms with Crippen molar-refractivity contribution < 1.29 is 9.53 Å². The lowest BCUT2D eigenvalue weighted by molar-refractivity contribution is -0.122. The highest BCUT2D eigenvalue weighted by molar-refractivity contribution is 5.85. The van der Waals surface area contributed by atoms with Crippen LogP contribution < -0.4 is 15.0 Å². The van der Waals surface area contributed by atoms with Gasteiger partial charge in [0.05, 0.1) is 7.11 Å². The monoisotopic (exact) mass is 409 g/mol. The molecule has 0 aromatic carbocycles. The Morgan fingerprint density at radius 2 is 2.00 bits per heavy atom. The third-order valence-corrected chi connectivity index (χ3v) is 6.35. The molecular formula is C23H31N5O2. The van der Waals surface area contributed by atoms with Crippen molar-refractivity contribution in [2.45, 2.75) is 70.4 Å². The Bertz CT molecular complexity index is 910. The van der Waals surface area contributed by atoms with Gasteiger partial charge in [-0.1, -0.05) is 19.3 Å². The molecule has 0 radical (unpaired) electrons. The van der Waals surface area contributed by atoms with Crippen LogP contribution in [0.15, 0.2) is 18.3 Å². The van der Waals surface area contributed by atoms with E-state index in [-0.39, 0.29) is 11.9 Å². The predicted molar refractivity (Wildman–Crippen MR) is 117 cm³/mol. The van der Waals surface area contributed by atoms with E-state index in [1.165, 1.54) is 19.3 Å². The molecule has 0 spiro atoms. The number of ether oxygens (including phenoxy) is 1. The highest BCUT2D eigenvalue weighted by Crippen LogP contribution is 2.32. The van der Waals surface area contributed by atoms with E-state index in [0.717, 1.165) is 54.9 Å². The summed E-state index contributed by atoms with van der Waals surface area (Å²) in [4.78, 5) is 29.0. The number of carbonyl (C=O) groups excluding carboxylic acids is 1. The van der Waals surface area contributed by atoms with E-state index in [1.54, 1.807) is 13.3 Å². The van der Waals surface area contributed by atoms with Gasteiger partial charge < -0.3 is 15.0 Å². The minimum absolute atomic E-state index is 0.0656. The zero-order valence-corrected chi connectivity index (χ0v) is 18.1. The zero-order chi connectivity index (χ0) is 21.1. The molecule has 1 unspecified atom stereocenters. The Labute approximate surface area is 178 Å². The van der Waals surface area contributed by atoms with E-state index in [9.17, 15) is 4.79 Å². The lowest BCUT2D eigenvalue weighted by atomic mass is 9.95. The SMILES string of the molecule is COc1ccnc(-c2nc3c(c(N(C)C(C)C(=O)NC4CCCCC4)n2)CCC3)c1. The number of amides is 1. The molecule has 1 amide bonds. The van der Waals surface area contributed by atoms with Gasteiger partial charge in [0.1, 0.15) is 23.3 Å². The number of nitrogens with one attached hydrogen (secondary N) is 1. The highest BCUT2D eigenvalue weighted by Gasteiger charge is 2.28. The topological polar surface area (TPSA) is 80.2 Å². The maximum Gasteiger partial charge on any atom is 0.242 e. The largest absolute Gasteiger partial charge is 0.497 e. The number of pyridine rings is 1. The van der Waals surface area contributed by atoms with Gasteiger partial charge in [0, 0.05) is 36.6 Å². The molecule has 160 valence electrons. The standard InChI is InChI=1S/C23H31N5O2/c1-15(23(29)25-16-8-5-4-6-9-16)28(2)22-18-10-7-11-19(18)26-21(27-22)20-14-17(30-3)12-13-24-20/h12-16H,4-11H2,1-3H3,(H,25,29). The Morgan fingerprint density at radius 1 is 1.20 bits per heavy atom. The Morgan fingerprint density at radius 3 is 2.77 bits per heavy atom. The molecule has 2 aromatic rings. The number of carbonyl (C=O) groups is 1. The van der Waals surface area contributed by atoms with Crippen LogP contribution in [-0.2, 0) is 17.6 Å². The van der Waals surface area contributed by atoms with E-state index >= 15 is 0 Å². The van der Waals surface area contributed by atoms with E-state index < -0.39 is 0 Å². The molecule has 1 fully saturated rings. The van der Waals surface area contributed by atoms with Crippen LogP contribution in [0.1, 0.15) is 56.7 Å². The number of likely N-dealkylation sites (N-methyl/N-ethyl adjacent to an activating group) is 1. The number of fused-ring (bicyclic) bond motifs is 1. The number of aromatic nitrogens is 3. The van der Waals surface area contributed by atoms with Gasteiger partial charge in [-0.25, -0.2) is 9.97 Å². The molecule has 2 aliphatic carbocycles. The summed E-state index contributed by atoms with van der Waals surface area (Å²) in [7, 11) is 3.59. The van der Waals surface area contributed by atoms with Gasteiger partial charge in [0.2, 0.25) is 5.91 Å². The van der Waals surface area contributed by atoms with Crippen molar-refractivity contribution in [3.8, 4) is 17.3 Å². The van der Waals surface area contributed by atoms with Crippen LogP contribution in [0.5, 0.6) is 5.75 Å². The first kappa shape index (κ1) is 20.6. The number of hydrogen-bond donors (Lipinski definition) is 1. The molecular weight excluding hydrogens is 378 g/mol. The molecule has 1 atom stereocenters. The number of nitrogens with zero attached hydrogens (tertiary/aromatic N) is 4. The molecule has 0 saturated heterocycles. The van der Waals surface area contributed by atoms with Gasteiger partial charge in [0.25, 0.3) is 0 Å². The van der Waals surface area contributed by atoms with Crippen molar-refractivity contribution in [1.82, 2.24) is 20.3 Å². The van der Waals surface area contributed by atoms with Gasteiger partial charge in [0.15, 0.2) is 5.82 Å². The fraction of sp³-hybridized carbons (Fsp3) is 0.565. The second-order valence-corrected chi connectivity index (χ2v) is 8.36. The minimum atomic E-state index is -0.308. The average Bonchev–Trinajstić information content (AvgIpc) is 3.27. The first-order valence-corrected chi connectivity index (χ1v) is 11.0. The number of rotatable bonds is 6. The van der Waals surface area contributed by atoms with Crippen LogP contribution >= 0.6 is 0 Å². The molecule has 1 saturated carbocycles. The third kappa shape index (κ3) is 4.25. The molecule has 2 aromatic heterocycles. The molecule has 2 aliphatic rings. The molecule has 0 aliphatic heterocycles. The maximum absolute atomic E-state index is 12.9. The summed E-state index contributed by atoms with van der Waals surface area (Å²) in [6, 6.07) is 3.65. The van der Waals surface area contributed by atoms with Crippen LogP contribution in [0.25, 0.3) is 11.5 Å². The van der Waals surface area contributed by atoms with Crippen LogP contribution in [0, 0.1) is 0 Å². The molecule has 7 heteroatoms. The van der Waals surface area contributed by atoms with Gasteiger partial charge >= 0.3 is 0 Å². The highest BCUT2D eigenvalue weighted by atomic mass is 16.5. The lowest BCUT2D eigenvalue weighted by Gasteiger charge is -2.30. The van der Waals surface area contributed by atoms with E-state index in [1.807, 2.05) is 31.0 Å². The number of methoxy groups -OCH3 is 1. The Balaban J connectivity index is 1.60. The number of anilines is 1. The second kappa shape index (κ2) is 8.98. The lowest BCUT2D eigenvalue weighted by Crippen LogP contribution is -2.48. The number of hydrogen-bond acceptors (Lipinski definition) is 6. The molecule has 30 heavy (non-hydrogen) atoms. The van der Waals surface area contributed by atoms with Crippen LogP contribution in [-0.4, -0.2) is 47.1 Å². The van der Waals surface area contributed by atoms with E-state index in [4.69, 9.17) is 14.7 Å². The fourth-order valence-electron chi connectivity index (χ4n) is 4.41. The van der Waals surface area contributed by atoms with E-state index in [2.05, 4.69) is 10.3 Å². The summed E-state index contributed by atoms with van der Waals surface area (Å²) in [5.41, 5.74) is 2.89. The van der Waals surface area contributed by atoms with Crippen molar-refractivity contribution >= 4 is 11.7 Å². The Kier molecular flexibility index (Phi) is 6.16. The molecule has 7 nitrogen and oxygen atoms in total.